The Morgan fingerprint density at radius 3 is 1.68 bits per heavy atom. The Bertz CT molecular complexity index is 1150. The Morgan fingerprint density at radius 1 is 0.536 bits per heavy atom. The summed E-state index contributed by atoms with van der Waals surface area (Å²) in [5.41, 5.74) is 3.98. The molecule has 1 N–H and O–H groups in total. The third kappa shape index (κ3) is 3.17. The molecule has 140 valence electrons. The van der Waals surface area contributed by atoms with Gasteiger partial charge in [-0.1, -0.05) is 36.4 Å². The van der Waals surface area contributed by atoms with Crippen molar-refractivity contribution in [2.45, 2.75) is 0 Å². The van der Waals surface area contributed by atoms with Gasteiger partial charge in [-0.2, -0.15) is 0 Å². The molecule has 0 saturated heterocycles. The summed E-state index contributed by atoms with van der Waals surface area (Å²) in [6.07, 6.45) is 0. The van der Waals surface area contributed by atoms with Gasteiger partial charge in [0.2, 0.25) is 0 Å². The van der Waals surface area contributed by atoms with Crippen molar-refractivity contribution in [3.05, 3.63) is 76.0 Å². The average molecular weight is 694 g/mol. The summed E-state index contributed by atoms with van der Waals surface area (Å²) in [4.78, 5) is 25.0. The number of fused-ring (bicyclic) bond motifs is 1. The number of nitrogens with one attached hydrogen (secondary N) is 1. The Hall–Kier alpha value is -0.800. The van der Waals surface area contributed by atoms with Crippen LogP contribution in [0.3, 0.4) is 0 Å². The molecule has 0 aromatic heterocycles. The number of carbonyl (C=O) groups is 2. The first kappa shape index (κ1) is 20.5. The largest absolute Gasteiger partial charge is 0.288 e. The number of carbonyl (C=O) groups excluding carboxylic acids is 2. The number of hydrogen-bond acceptors (Lipinski definition) is 2. The molecule has 3 nitrogen and oxygen atoms in total. The predicted molar refractivity (Wildman–Crippen MR) is 128 cm³/mol. The molecule has 3 aromatic carbocycles. The number of imide groups is 1. The van der Waals surface area contributed by atoms with Crippen molar-refractivity contribution in [3.8, 4) is 22.3 Å². The van der Waals surface area contributed by atoms with Gasteiger partial charge in [-0.25, -0.2) is 0 Å². The summed E-state index contributed by atoms with van der Waals surface area (Å²) in [6, 6.07) is 13.3. The van der Waals surface area contributed by atoms with Crippen molar-refractivity contribution in [3.63, 3.8) is 0 Å². The van der Waals surface area contributed by atoms with Crippen LogP contribution in [-0.2, 0) is 0 Å². The van der Waals surface area contributed by atoms with E-state index in [1.165, 1.54) is 0 Å². The summed E-state index contributed by atoms with van der Waals surface area (Å²) in [5.74, 6) is -0.787. The van der Waals surface area contributed by atoms with E-state index in [1.807, 2.05) is 36.4 Å². The van der Waals surface area contributed by atoms with Gasteiger partial charge in [0.25, 0.3) is 11.8 Å². The first-order chi connectivity index (χ1) is 13.3. The highest BCUT2D eigenvalue weighted by Gasteiger charge is 2.34. The maximum atomic E-state index is 12.7. The van der Waals surface area contributed by atoms with Crippen molar-refractivity contribution in [2.24, 2.45) is 0 Å². The summed E-state index contributed by atoms with van der Waals surface area (Å²) >= 11 is 18.0. The Labute approximate surface area is 202 Å². The van der Waals surface area contributed by atoms with Crippen LogP contribution in [0, 0.1) is 0 Å². The topological polar surface area (TPSA) is 46.2 Å². The molecule has 0 spiro atoms. The summed E-state index contributed by atoms with van der Waals surface area (Å²) in [6.45, 7) is 0. The van der Waals surface area contributed by atoms with Gasteiger partial charge >= 0.3 is 0 Å². The molecule has 0 saturated carbocycles. The van der Waals surface area contributed by atoms with Crippen LogP contribution in [0.4, 0.5) is 0 Å². The first-order valence-electron chi connectivity index (χ1n) is 7.92. The van der Waals surface area contributed by atoms with E-state index in [-0.39, 0.29) is 5.91 Å². The fourth-order valence-corrected chi connectivity index (χ4v) is 6.65. The minimum atomic E-state index is -0.401. The minimum absolute atomic E-state index is 0.369. The maximum absolute atomic E-state index is 12.7. The zero-order chi connectivity index (χ0) is 20.2. The third-order valence-electron chi connectivity index (χ3n) is 4.45. The fourth-order valence-electron chi connectivity index (χ4n) is 3.20. The summed E-state index contributed by atoms with van der Waals surface area (Å²) in [7, 11) is 0. The first-order valence-corrected chi connectivity index (χ1v) is 11.9. The zero-order valence-electron chi connectivity index (χ0n) is 13.7. The van der Waals surface area contributed by atoms with Gasteiger partial charge in [0.05, 0.1) is 11.1 Å². The molecule has 0 unspecified atom stereocenters. The Balaban J connectivity index is 2.19. The second-order valence-corrected chi connectivity index (χ2v) is 9.97. The fraction of sp³-hybridized carbons (Fsp3) is 0. The molecule has 0 bridgehead atoms. The van der Waals surface area contributed by atoms with Crippen molar-refractivity contribution in [1.82, 2.24) is 5.32 Å². The Kier molecular flexibility index (Phi) is 5.70. The lowest BCUT2D eigenvalue weighted by molar-refractivity contribution is 0.0880. The summed E-state index contributed by atoms with van der Waals surface area (Å²) in [5, 5.41) is 2.41. The van der Waals surface area contributed by atoms with Crippen LogP contribution < -0.4 is 5.32 Å². The highest BCUT2D eigenvalue weighted by atomic mass is 79.9. The highest BCUT2D eigenvalue weighted by Crippen LogP contribution is 2.52. The number of halogens is 5. The molecule has 4 rings (SSSR count). The lowest BCUT2D eigenvalue weighted by Gasteiger charge is -2.19. The molecular weight excluding hydrogens is 686 g/mol. The quantitative estimate of drug-likeness (QED) is 0.170. The number of benzene rings is 3. The molecule has 0 atom stereocenters. The van der Waals surface area contributed by atoms with Gasteiger partial charge in [-0.3, -0.25) is 14.9 Å². The monoisotopic (exact) mass is 689 g/mol. The predicted octanol–water partition coefficient (Wildman–Crippen LogP) is 7.72. The van der Waals surface area contributed by atoms with E-state index in [2.05, 4.69) is 85.0 Å². The van der Waals surface area contributed by atoms with Crippen LogP contribution in [0.5, 0.6) is 0 Å². The average Bonchev–Trinajstić information content (AvgIpc) is 2.99. The summed E-state index contributed by atoms with van der Waals surface area (Å²) < 4.78 is 3.92. The van der Waals surface area contributed by atoms with Crippen LogP contribution in [-0.4, -0.2) is 11.8 Å². The molecular formula is C20H8Br5NO2. The maximum Gasteiger partial charge on any atom is 0.259 e. The van der Waals surface area contributed by atoms with Crippen LogP contribution in [0.2, 0.25) is 0 Å². The van der Waals surface area contributed by atoms with Gasteiger partial charge in [0.15, 0.2) is 0 Å². The highest BCUT2D eigenvalue weighted by molar-refractivity contribution is 9.15. The minimum Gasteiger partial charge on any atom is -0.288 e. The lowest BCUT2D eigenvalue weighted by atomic mass is 9.88. The SMILES string of the molecule is O=C1NC(=O)c2c1ccc(-c1ccccc1)c2-c1c(Br)c(Br)c(Br)c(Br)c1Br. The molecule has 1 heterocycles. The molecule has 2 amide bonds. The van der Waals surface area contributed by atoms with E-state index in [0.717, 1.165) is 39.1 Å². The van der Waals surface area contributed by atoms with Gasteiger partial charge in [-0.05, 0) is 96.8 Å². The van der Waals surface area contributed by atoms with Crippen molar-refractivity contribution >= 4 is 91.5 Å². The van der Waals surface area contributed by atoms with E-state index >= 15 is 0 Å². The van der Waals surface area contributed by atoms with Crippen LogP contribution >= 0.6 is 79.6 Å². The molecule has 1 aliphatic rings. The molecule has 28 heavy (non-hydrogen) atoms. The molecule has 0 radical (unpaired) electrons. The third-order valence-corrected chi connectivity index (χ3v) is 10.5. The van der Waals surface area contributed by atoms with Gasteiger partial charge < -0.3 is 0 Å². The number of rotatable bonds is 2. The van der Waals surface area contributed by atoms with E-state index < -0.39 is 5.91 Å². The lowest BCUT2D eigenvalue weighted by Crippen LogP contribution is -2.20. The standard InChI is InChI=1S/C20H8Br5NO2/c21-14-13(15(22)17(24)18(25)16(14)23)11-9(8-4-2-1-3-5-8)6-7-10-12(11)20(28)26-19(10)27/h1-7H,(H,26,27,28). The second kappa shape index (κ2) is 7.80. The number of hydrogen-bond donors (Lipinski definition) is 1. The second-order valence-electron chi connectivity index (χ2n) is 6.00. The molecule has 0 fully saturated rings. The van der Waals surface area contributed by atoms with Crippen molar-refractivity contribution < 1.29 is 9.59 Å². The normalized spacial score (nSPS) is 12.9. The molecule has 1 aliphatic heterocycles. The van der Waals surface area contributed by atoms with Crippen LogP contribution in [0.25, 0.3) is 22.3 Å². The van der Waals surface area contributed by atoms with Crippen LogP contribution in [0.15, 0.2) is 64.8 Å². The molecule has 8 heteroatoms. The smallest absolute Gasteiger partial charge is 0.259 e. The van der Waals surface area contributed by atoms with E-state index in [1.54, 1.807) is 6.07 Å². The van der Waals surface area contributed by atoms with E-state index in [0.29, 0.717) is 16.7 Å². The Morgan fingerprint density at radius 2 is 1.07 bits per heavy atom. The van der Waals surface area contributed by atoms with Gasteiger partial charge in [-0.15, -0.1) is 0 Å². The van der Waals surface area contributed by atoms with E-state index in [4.69, 9.17) is 0 Å². The van der Waals surface area contributed by atoms with E-state index in [9.17, 15) is 9.59 Å². The number of amides is 2. The molecule has 3 aromatic rings. The molecule has 0 aliphatic carbocycles. The van der Waals surface area contributed by atoms with Crippen molar-refractivity contribution in [1.29, 1.82) is 0 Å². The van der Waals surface area contributed by atoms with Crippen molar-refractivity contribution in [2.75, 3.05) is 0 Å². The van der Waals surface area contributed by atoms with Gasteiger partial charge in [0.1, 0.15) is 0 Å². The zero-order valence-corrected chi connectivity index (χ0v) is 21.7. The van der Waals surface area contributed by atoms with Crippen LogP contribution in [0.1, 0.15) is 20.7 Å². The van der Waals surface area contributed by atoms with Gasteiger partial charge in [0, 0.05) is 33.5 Å².